The van der Waals surface area contributed by atoms with E-state index in [4.69, 9.17) is 10.2 Å². The lowest BCUT2D eigenvalue weighted by Gasteiger charge is -1.96. The van der Waals surface area contributed by atoms with Gasteiger partial charge in [-0.1, -0.05) is 17.2 Å². The third-order valence-corrected chi connectivity index (χ3v) is 1.58. The Morgan fingerprint density at radius 2 is 2.00 bits per heavy atom. The van der Waals surface area contributed by atoms with Crippen molar-refractivity contribution in [2.75, 3.05) is 5.73 Å². The van der Waals surface area contributed by atoms with Crippen molar-refractivity contribution in [3.8, 4) is 17.2 Å². The molecule has 0 amide bonds. The van der Waals surface area contributed by atoms with Crippen LogP contribution in [0.4, 0.5) is 6.01 Å². The number of phenolic OH excluding ortho intramolecular Hbond substituents is 1. The minimum absolute atomic E-state index is 0.0155. The van der Waals surface area contributed by atoms with Gasteiger partial charge in [0.25, 0.3) is 5.89 Å². The zero-order valence-electron chi connectivity index (χ0n) is 6.64. The summed E-state index contributed by atoms with van der Waals surface area (Å²) in [5.41, 5.74) is 5.72. The first-order valence-electron chi connectivity index (χ1n) is 3.65. The van der Waals surface area contributed by atoms with Crippen LogP contribution in [0, 0.1) is 0 Å². The first-order valence-corrected chi connectivity index (χ1v) is 3.65. The van der Waals surface area contributed by atoms with Gasteiger partial charge in [-0.15, -0.1) is 5.10 Å². The number of aromatic nitrogens is 2. The number of hydrogen-bond donors (Lipinski definition) is 2. The summed E-state index contributed by atoms with van der Waals surface area (Å²) in [4.78, 5) is 0. The quantitative estimate of drug-likeness (QED) is 0.679. The fraction of sp³-hybridized carbons (Fsp3) is 0. The average molecular weight is 177 g/mol. The maximum atomic E-state index is 9.40. The monoisotopic (exact) mass is 177 g/mol. The molecule has 0 fully saturated rings. The predicted molar refractivity (Wildman–Crippen MR) is 45.8 cm³/mol. The van der Waals surface area contributed by atoms with Gasteiger partial charge in [-0.05, 0) is 12.1 Å². The van der Waals surface area contributed by atoms with Crippen LogP contribution in [0.25, 0.3) is 11.5 Å². The molecule has 1 aromatic heterocycles. The van der Waals surface area contributed by atoms with Crippen LogP contribution in [0.15, 0.2) is 28.7 Å². The largest absolute Gasteiger partial charge is 0.507 e. The summed E-state index contributed by atoms with van der Waals surface area (Å²) in [5, 5.41) is 16.5. The lowest BCUT2D eigenvalue weighted by atomic mass is 10.2. The highest BCUT2D eigenvalue weighted by Crippen LogP contribution is 2.27. The third-order valence-electron chi connectivity index (χ3n) is 1.58. The molecular formula is C8H7N3O2. The lowest BCUT2D eigenvalue weighted by molar-refractivity contribution is 0.473. The summed E-state index contributed by atoms with van der Waals surface area (Å²) in [7, 11) is 0. The number of para-hydroxylation sites is 1. The third kappa shape index (κ3) is 1.31. The van der Waals surface area contributed by atoms with Crippen LogP contribution in [0.2, 0.25) is 0 Å². The fourth-order valence-corrected chi connectivity index (χ4v) is 0.998. The zero-order chi connectivity index (χ0) is 9.26. The summed E-state index contributed by atoms with van der Waals surface area (Å²) >= 11 is 0. The molecule has 2 rings (SSSR count). The summed E-state index contributed by atoms with van der Waals surface area (Å²) in [6, 6.07) is 6.66. The number of aromatic hydroxyl groups is 1. The van der Waals surface area contributed by atoms with E-state index in [1.807, 2.05) is 0 Å². The lowest BCUT2D eigenvalue weighted by Crippen LogP contribution is -1.81. The molecule has 0 unspecified atom stereocenters. The molecule has 0 aliphatic heterocycles. The molecule has 1 heterocycles. The molecule has 0 saturated heterocycles. The molecule has 66 valence electrons. The Hall–Kier alpha value is -2.04. The number of benzene rings is 1. The second-order valence-electron chi connectivity index (χ2n) is 2.46. The molecular weight excluding hydrogens is 170 g/mol. The Kier molecular flexibility index (Phi) is 1.63. The Morgan fingerprint density at radius 3 is 2.62 bits per heavy atom. The smallest absolute Gasteiger partial charge is 0.313 e. The van der Waals surface area contributed by atoms with E-state index < -0.39 is 0 Å². The Balaban J connectivity index is 2.52. The summed E-state index contributed by atoms with van der Waals surface area (Å²) in [5.74, 6) is 0.307. The van der Waals surface area contributed by atoms with Gasteiger partial charge in [-0.2, -0.15) is 0 Å². The number of rotatable bonds is 1. The van der Waals surface area contributed by atoms with Crippen LogP contribution in [0.1, 0.15) is 0 Å². The molecule has 2 aromatic rings. The molecule has 0 aliphatic carbocycles. The second-order valence-corrected chi connectivity index (χ2v) is 2.46. The number of nitrogens with two attached hydrogens (primary N) is 1. The first kappa shape index (κ1) is 7.60. The van der Waals surface area contributed by atoms with Gasteiger partial charge < -0.3 is 15.3 Å². The van der Waals surface area contributed by atoms with Gasteiger partial charge in [-0.25, -0.2) is 0 Å². The highest BCUT2D eigenvalue weighted by Gasteiger charge is 2.09. The van der Waals surface area contributed by atoms with E-state index in [9.17, 15) is 5.11 Å². The maximum Gasteiger partial charge on any atom is 0.313 e. The molecule has 0 radical (unpaired) electrons. The highest BCUT2D eigenvalue weighted by atomic mass is 16.4. The molecule has 0 saturated carbocycles. The molecule has 1 aromatic carbocycles. The molecule has 0 aliphatic rings. The van der Waals surface area contributed by atoms with Crippen molar-refractivity contribution in [1.82, 2.24) is 10.2 Å². The van der Waals surface area contributed by atoms with Crippen LogP contribution < -0.4 is 5.73 Å². The standard InChI is InChI=1S/C8H7N3O2/c9-8-11-10-7(13-8)5-3-1-2-4-6(5)12/h1-4,12H,(H2,9,11). The zero-order valence-corrected chi connectivity index (χ0v) is 6.64. The molecule has 5 heteroatoms. The van der Waals surface area contributed by atoms with Crippen molar-refractivity contribution in [1.29, 1.82) is 0 Å². The van der Waals surface area contributed by atoms with Crippen LogP contribution in [-0.4, -0.2) is 15.3 Å². The summed E-state index contributed by atoms with van der Waals surface area (Å²) < 4.78 is 4.95. The number of nitrogen functional groups attached to an aromatic ring is 1. The maximum absolute atomic E-state index is 9.40. The Labute approximate surface area is 73.8 Å². The van der Waals surface area contributed by atoms with Crippen molar-refractivity contribution in [3.63, 3.8) is 0 Å². The topological polar surface area (TPSA) is 85.2 Å². The SMILES string of the molecule is Nc1nnc(-c2ccccc2O)o1. The van der Waals surface area contributed by atoms with Crippen LogP contribution in [0.3, 0.4) is 0 Å². The molecule has 0 bridgehead atoms. The van der Waals surface area contributed by atoms with E-state index in [0.29, 0.717) is 5.56 Å². The van der Waals surface area contributed by atoms with E-state index in [2.05, 4.69) is 10.2 Å². The highest BCUT2D eigenvalue weighted by molar-refractivity contribution is 5.61. The van der Waals surface area contributed by atoms with Crippen molar-refractivity contribution < 1.29 is 9.52 Å². The van der Waals surface area contributed by atoms with E-state index in [0.717, 1.165) is 0 Å². The summed E-state index contributed by atoms with van der Waals surface area (Å²) in [6.45, 7) is 0. The average Bonchev–Trinajstić information content (AvgIpc) is 2.53. The molecule has 3 N–H and O–H groups in total. The van der Waals surface area contributed by atoms with Gasteiger partial charge in [0, 0.05) is 0 Å². The minimum atomic E-state index is -0.0155. The molecule has 13 heavy (non-hydrogen) atoms. The van der Waals surface area contributed by atoms with E-state index in [1.54, 1.807) is 18.2 Å². The van der Waals surface area contributed by atoms with Crippen LogP contribution in [-0.2, 0) is 0 Å². The van der Waals surface area contributed by atoms with E-state index in [1.165, 1.54) is 6.07 Å². The number of hydrogen-bond acceptors (Lipinski definition) is 5. The van der Waals surface area contributed by atoms with Gasteiger partial charge in [0.15, 0.2) is 0 Å². The van der Waals surface area contributed by atoms with Gasteiger partial charge in [0.2, 0.25) is 0 Å². The van der Waals surface area contributed by atoms with Crippen molar-refractivity contribution in [2.45, 2.75) is 0 Å². The normalized spacial score (nSPS) is 10.2. The molecule has 0 atom stereocenters. The van der Waals surface area contributed by atoms with E-state index in [-0.39, 0.29) is 17.7 Å². The van der Waals surface area contributed by atoms with Crippen molar-refractivity contribution in [2.24, 2.45) is 0 Å². The predicted octanol–water partition coefficient (Wildman–Crippen LogP) is 1.02. The summed E-state index contributed by atoms with van der Waals surface area (Å²) in [6.07, 6.45) is 0. The van der Waals surface area contributed by atoms with Crippen LogP contribution in [0.5, 0.6) is 5.75 Å². The van der Waals surface area contributed by atoms with Gasteiger partial charge in [0.1, 0.15) is 5.75 Å². The van der Waals surface area contributed by atoms with Crippen molar-refractivity contribution in [3.05, 3.63) is 24.3 Å². The fourth-order valence-electron chi connectivity index (χ4n) is 0.998. The number of nitrogens with zero attached hydrogens (tertiary/aromatic N) is 2. The molecule has 0 spiro atoms. The number of phenols is 1. The van der Waals surface area contributed by atoms with Gasteiger partial charge >= 0.3 is 6.01 Å². The Bertz CT molecular complexity index is 425. The number of anilines is 1. The van der Waals surface area contributed by atoms with Gasteiger partial charge in [-0.3, -0.25) is 0 Å². The second kappa shape index (κ2) is 2.78. The van der Waals surface area contributed by atoms with Crippen molar-refractivity contribution >= 4 is 6.01 Å². The van der Waals surface area contributed by atoms with E-state index >= 15 is 0 Å². The Morgan fingerprint density at radius 1 is 1.23 bits per heavy atom. The molecule has 5 nitrogen and oxygen atoms in total. The minimum Gasteiger partial charge on any atom is -0.507 e. The van der Waals surface area contributed by atoms with Gasteiger partial charge in [0.05, 0.1) is 5.56 Å². The first-order chi connectivity index (χ1) is 6.27. The van der Waals surface area contributed by atoms with Crippen LogP contribution >= 0.6 is 0 Å².